The molecule has 1 unspecified atom stereocenters. The Hall–Kier alpha value is -0.540. The Kier molecular flexibility index (Phi) is 5.23. The fourth-order valence-electron chi connectivity index (χ4n) is 3.70. The fraction of sp³-hybridized carbons (Fsp3) is 0.667. The van der Waals surface area contributed by atoms with Crippen LogP contribution in [0, 0.1) is 5.92 Å². The molecule has 2 atom stereocenters. The number of ether oxygens (including phenoxy) is 1. The van der Waals surface area contributed by atoms with Crippen LogP contribution in [0.1, 0.15) is 51.0 Å². The van der Waals surface area contributed by atoms with Gasteiger partial charge in [-0.2, -0.15) is 0 Å². The highest BCUT2D eigenvalue weighted by molar-refractivity contribution is 9.10. The van der Waals surface area contributed by atoms with Crippen molar-refractivity contribution in [2.75, 3.05) is 6.54 Å². The number of benzene rings is 1. The number of rotatable bonds is 4. The zero-order chi connectivity index (χ0) is 14.7. The van der Waals surface area contributed by atoms with Crippen LogP contribution in [0.3, 0.4) is 0 Å². The zero-order valence-electron chi connectivity index (χ0n) is 12.9. The summed E-state index contributed by atoms with van der Waals surface area (Å²) in [6.07, 6.45) is 9.80. The van der Waals surface area contributed by atoms with Crippen molar-refractivity contribution in [3.8, 4) is 5.75 Å². The van der Waals surface area contributed by atoms with E-state index in [2.05, 4.69) is 46.4 Å². The van der Waals surface area contributed by atoms with Gasteiger partial charge in [-0.05, 0) is 49.4 Å². The van der Waals surface area contributed by atoms with Gasteiger partial charge in [0.1, 0.15) is 11.9 Å². The van der Waals surface area contributed by atoms with Crippen LogP contribution in [0.4, 0.5) is 0 Å². The van der Waals surface area contributed by atoms with Crippen molar-refractivity contribution in [1.82, 2.24) is 5.32 Å². The van der Waals surface area contributed by atoms with Crippen LogP contribution in [0.25, 0.3) is 0 Å². The van der Waals surface area contributed by atoms with Crippen LogP contribution < -0.4 is 10.1 Å². The Bertz CT molecular complexity index is 468. The summed E-state index contributed by atoms with van der Waals surface area (Å²) >= 11 is 3.54. The topological polar surface area (TPSA) is 21.3 Å². The summed E-state index contributed by atoms with van der Waals surface area (Å²) in [5, 5.41) is 3.73. The first-order valence-electron chi connectivity index (χ1n) is 8.41. The Morgan fingerprint density at radius 2 is 2.00 bits per heavy atom. The van der Waals surface area contributed by atoms with Gasteiger partial charge in [0.05, 0.1) is 0 Å². The standard InChI is InChI=1S/C18H26BrNO/c1-13(14-6-4-2-3-5-7-14)20-12-17-11-15-10-16(19)8-9-18(15)21-17/h8-10,13-14,17,20H,2-7,11-12H2,1H3/t13-,17?/m0/s1. The molecule has 0 radical (unpaired) electrons. The lowest BCUT2D eigenvalue weighted by atomic mass is 9.93. The molecule has 3 heteroatoms. The first kappa shape index (κ1) is 15.4. The van der Waals surface area contributed by atoms with Gasteiger partial charge in [0.2, 0.25) is 0 Å². The third-order valence-electron chi connectivity index (χ3n) is 5.04. The van der Waals surface area contributed by atoms with Gasteiger partial charge in [-0.3, -0.25) is 0 Å². The van der Waals surface area contributed by atoms with Crippen molar-refractivity contribution in [2.24, 2.45) is 5.92 Å². The highest BCUT2D eigenvalue weighted by Gasteiger charge is 2.25. The average molecular weight is 352 g/mol. The van der Waals surface area contributed by atoms with Crippen LogP contribution in [0.5, 0.6) is 5.75 Å². The van der Waals surface area contributed by atoms with Crippen molar-refractivity contribution >= 4 is 15.9 Å². The van der Waals surface area contributed by atoms with E-state index in [1.165, 1.54) is 44.1 Å². The molecular formula is C18H26BrNO. The Morgan fingerprint density at radius 3 is 2.76 bits per heavy atom. The third-order valence-corrected chi connectivity index (χ3v) is 5.53. The highest BCUT2D eigenvalue weighted by Crippen LogP contribution is 2.31. The molecule has 2 nitrogen and oxygen atoms in total. The molecule has 0 aromatic heterocycles. The van der Waals surface area contributed by atoms with E-state index in [1.54, 1.807) is 0 Å². The summed E-state index contributed by atoms with van der Waals surface area (Å²) in [6, 6.07) is 6.93. The molecule has 0 saturated heterocycles. The monoisotopic (exact) mass is 351 g/mol. The SMILES string of the molecule is C[C@H](NCC1Cc2cc(Br)ccc2O1)C1CCCCCC1. The van der Waals surface area contributed by atoms with E-state index in [-0.39, 0.29) is 0 Å². The van der Waals surface area contributed by atoms with Crippen LogP contribution >= 0.6 is 15.9 Å². The summed E-state index contributed by atoms with van der Waals surface area (Å²) in [7, 11) is 0. The van der Waals surface area contributed by atoms with Gasteiger partial charge in [0, 0.05) is 23.5 Å². The fourth-order valence-corrected chi connectivity index (χ4v) is 4.11. The summed E-state index contributed by atoms with van der Waals surface area (Å²) in [4.78, 5) is 0. The van der Waals surface area contributed by atoms with Gasteiger partial charge in [-0.1, -0.05) is 41.6 Å². The van der Waals surface area contributed by atoms with E-state index in [4.69, 9.17) is 4.74 Å². The summed E-state index contributed by atoms with van der Waals surface area (Å²) < 4.78 is 7.18. The number of hydrogen-bond acceptors (Lipinski definition) is 2. The summed E-state index contributed by atoms with van der Waals surface area (Å²) in [5.74, 6) is 1.91. The minimum absolute atomic E-state index is 0.294. The molecule has 1 saturated carbocycles. The molecular weight excluding hydrogens is 326 g/mol. The predicted molar refractivity (Wildman–Crippen MR) is 90.9 cm³/mol. The second-order valence-electron chi connectivity index (χ2n) is 6.64. The van der Waals surface area contributed by atoms with Crippen LogP contribution in [0.2, 0.25) is 0 Å². The van der Waals surface area contributed by atoms with E-state index in [1.807, 2.05) is 0 Å². The maximum Gasteiger partial charge on any atom is 0.123 e. The van der Waals surface area contributed by atoms with Crippen molar-refractivity contribution in [3.63, 3.8) is 0 Å². The van der Waals surface area contributed by atoms with E-state index >= 15 is 0 Å². The van der Waals surface area contributed by atoms with E-state index in [9.17, 15) is 0 Å². The number of nitrogens with one attached hydrogen (secondary N) is 1. The molecule has 1 aliphatic carbocycles. The number of halogens is 1. The molecule has 1 heterocycles. The third kappa shape index (κ3) is 4.01. The van der Waals surface area contributed by atoms with Crippen molar-refractivity contribution < 1.29 is 4.74 Å². The first-order chi connectivity index (χ1) is 10.2. The Morgan fingerprint density at radius 1 is 1.24 bits per heavy atom. The normalized spacial score (nSPS) is 24.2. The lowest BCUT2D eigenvalue weighted by Crippen LogP contribution is -2.39. The van der Waals surface area contributed by atoms with Gasteiger partial charge in [-0.15, -0.1) is 0 Å². The van der Waals surface area contributed by atoms with E-state index < -0.39 is 0 Å². The lowest BCUT2D eigenvalue weighted by Gasteiger charge is -2.25. The number of hydrogen-bond donors (Lipinski definition) is 1. The quantitative estimate of drug-likeness (QED) is 0.793. The molecule has 21 heavy (non-hydrogen) atoms. The molecule has 3 rings (SSSR count). The van der Waals surface area contributed by atoms with Crippen molar-refractivity contribution in [1.29, 1.82) is 0 Å². The maximum atomic E-state index is 6.04. The van der Waals surface area contributed by atoms with Crippen LogP contribution in [0.15, 0.2) is 22.7 Å². The van der Waals surface area contributed by atoms with E-state index in [0.29, 0.717) is 12.1 Å². The Labute approximate surface area is 136 Å². The van der Waals surface area contributed by atoms with Crippen LogP contribution in [-0.2, 0) is 6.42 Å². The molecule has 1 aromatic carbocycles. The van der Waals surface area contributed by atoms with Gasteiger partial charge < -0.3 is 10.1 Å². The molecule has 1 N–H and O–H groups in total. The van der Waals surface area contributed by atoms with Gasteiger partial charge in [-0.25, -0.2) is 0 Å². The van der Waals surface area contributed by atoms with Gasteiger partial charge in [0.25, 0.3) is 0 Å². The smallest absolute Gasteiger partial charge is 0.123 e. The minimum atomic E-state index is 0.294. The zero-order valence-corrected chi connectivity index (χ0v) is 14.5. The second-order valence-corrected chi connectivity index (χ2v) is 7.56. The molecule has 116 valence electrons. The van der Waals surface area contributed by atoms with Crippen molar-refractivity contribution in [2.45, 2.75) is 64.0 Å². The first-order valence-corrected chi connectivity index (χ1v) is 9.20. The molecule has 0 spiro atoms. The van der Waals surface area contributed by atoms with Crippen molar-refractivity contribution in [3.05, 3.63) is 28.2 Å². The predicted octanol–water partition coefficient (Wildman–Crippen LogP) is 4.70. The Balaban J connectivity index is 1.48. The largest absolute Gasteiger partial charge is 0.488 e. The second kappa shape index (κ2) is 7.15. The molecule has 2 aliphatic rings. The van der Waals surface area contributed by atoms with Gasteiger partial charge in [0.15, 0.2) is 0 Å². The van der Waals surface area contributed by atoms with E-state index in [0.717, 1.165) is 29.1 Å². The molecule has 1 aliphatic heterocycles. The maximum absolute atomic E-state index is 6.04. The average Bonchev–Trinajstić information content (AvgIpc) is 2.69. The highest BCUT2D eigenvalue weighted by atomic mass is 79.9. The molecule has 0 amide bonds. The minimum Gasteiger partial charge on any atom is -0.488 e. The van der Waals surface area contributed by atoms with Crippen LogP contribution in [-0.4, -0.2) is 18.7 Å². The lowest BCUT2D eigenvalue weighted by molar-refractivity contribution is 0.211. The molecule has 1 fully saturated rings. The molecule has 0 bridgehead atoms. The van der Waals surface area contributed by atoms with Gasteiger partial charge >= 0.3 is 0 Å². The summed E-state index contributed by atoms with van der Waals surface area (Å²) in [6.45, 7) is 3.32. The number of fused-ring (bicyclic) bond motifs is 1. The summed E-state index contributed by atoms with van der Waals surface area (Å²) in [5.41, 5.74) is 1.33. The molecule has 1 aromatic rings.